The molecule has 0 aliphatic rings. The van der Waals surface area contributed by atoms with E-state index in [1.54, 1.807) is 0 Å². The van der Waals surface area contributed by atoms with Crippen LogP contribution in [0.5, 0.6) is 0 Å². The SMILES string of the molecule is CCC=CCCCC=CCCC=O. The second-order valence-electron chi connectivity index (χ2n) is 3.03. The van der Waals surface area contributed by atoms with E-state index in [4.69, 9.17) is 0 Å². The number of carbonyl (C=O) groups excluding carboxylic acids is 1. The Morgan fingerprint density at radius 3 is 2.08 bits per heavy atom. The first-order valence-corrected chi connectivity index (χ1v) is 5.15. The second kappa shape index (κ2) is 11.2. The smallest absolute Gasteiger partial charge is 0.120 e. The summed E-state index contributed by atoms with van der Waals surface area (Å²) in [6, 6.07) is 0. The average molecular weight is 180 g/mol. The van der Waals surface area contributed by atoms with Crippen LogP contribution in [0.4, 0.5) is 0 Å². The van der Waals surface area contributed by atoms with E-state index in [-0.39, 0.29) is 0 Å². The summed E-state index contributed by atoms with van der Waals surface area (Å²) in [5, 5.41) is 0. The average Bonchev–Trinajstić information content (AvgIpc) is 2.16. The van der Waals surface area contributed by atoms with Gasteiger partial charge in [0.05, 0.1) is 0 Å². The molecule has 0 aliphatic heterocycles. The predicted molar refractivity (Wildman–Crippen MR) is 57.7 cm³/mol. The minimum Gasteiger partial charge on any atom is -0.303 e. The normalized spacial score (nSPS) is 11.5. The van der Waals surface area contributed by atoms with Crippen molar-refractivity contribution in [1.29, 1.82) is 0 Å². The van der Waals surface area contributed by atoms with Crippen molar-refractivity contribution in [3.05, 3.63) is 24.3 Å². The zero-order valence-corrected chi connectivity index (χ0v) is 8.54. The van der Waals surface area contributed by atoms with Gasteiger partial charge in [-0.25, -0.2) is 0 Å². The van der Waals surface area contributed by atoms with E-state index in [0.29, 0.717) is 6.42 Å². The van der Waals surface area contributed by atoms with Crippen LogP contribution in [0.1, 0.15) is 45.4 Å². The molecule has 0 aromatic rings. The molecular weight excluding hydrogens is 160 g/mol. The van der Waals surface area contributed by atoms with Gasteiger partial charge >= 0.3 is 0 Å². The summed E-state index contributed by atoms with van der Waals surface area (Å²) in [6.45, 7) is 2.15. The Labute approximate surface area is 81.5 Å². The summed E-state index contributed by atoms with van der Waals surface area (Å²) in [5.41, 5.74) is 0. The summed E-state index contributed by atoms with van der Waals surface area (Å²) in [7, 11) is 0. The Morgan fingerprint density at radius 2 is 1.46 bits per heavy atom. The van der Waals surface area contributed by atoms with E-state index in [1.807, 2.05) is 0 Å². The van der Waals surface area contributed by atoms with E-state index in [1.165, 1.54) is 12.8 Å². The molecular formula is C12H20O. The van der Waals surface area contributed by atoms with E-state index in [9.17, 15) is 4.79 Å². The molecule has 0 rings (SSSR count). The molecule has 0 aliphatic carbocycles. The molecule has 0 fully saturated rings. The van der Waals surface area contributed by atoms with Gasteiger partial charge in [-0.15, -0.1) is 0 Å². The molecule has 0 saturated heterocycles. The number of hydrogen-bond donors (Lipinski definition) is 0. The van der Waals surface area contributed by atoms with Crippen molar-refractivity contribution in [3.8, 4) is 0 Å². The fraction of sp³-hybridized carbons (Fsp3) is 0.583. The van der Waals surface area contributed by atoms with Crippen LogP contribution in [0.2, 0.25) is 0 Å². The number of carbonyl (C=O) groups is 1. The van der Waals surface area contributed by atoms with Crippen molar-refractivity contribution >= 4 is 6.29 Å². The number of rotatable bonds is 8. The second-order valence-corrected chi connectivity index (χ2v) is 3.03. The van der Waals surface area contributed by atoms with Gasteiger partial charge in [-0.1, -0.05) is 31.2 Å². The molecule has 0 aromatic carbocycles. The Balaban J connectivity index is 3.10. The van der Waals surface area contributed by atoms with Crippen LogP contribution in [0.15, 0.2) is 24.3 Å². The van der Waals surface area contributed by atoms with Crippen LogP contribution in [-0.2, 0) is 4.79 Å². The predicted octanol–water partition coefficient (Wildman–Crippen LogP) is 3.66. The Morgan fingerprint density at radius 1 is 0.846 bits per heavy atom. The molecule has 1 heteroatoms. The molecule has 0 bridgehead atoms. The lowest BCUT2D eigenvalue weighted by Gasteiger charge is -1.89. The van der Waals surface area contributed by atoms with Gasteiger partial charge in [0.15, 0.2) is 0 Å². The number of aldehydes is 1. The van der Waals surface area contributed by atoms with Gasteiger partial charge in [-0.05, 0) is 32.1 Å². The number of unbranched alkanes of at least 4 members (excludes halogenated alkanes) is 3. The quantitative estimate of drug-likeness (QED) is 0.316. The fourth-order valence-corrected chi connectivity index (χ4v) is 1.04. The third-order valence-electron chi connectivity index (χ3n) is 1.76. The number of allylic oxidation sites excluding steroid dienone is 4. The molecule has 0 saturated carbocycles. The monoisotopic (exact) mass is 180 g/mol. The van der Waals surface area contributed by atoms with E-state index in [0.717, 1.165) is 25.5 Å². The maximum absolute atomic E-state index is 9.97. The minimum atomic E-state index is 0.659. The van der Waals surface area contributed by atoms with Gasteiger partial charge in [0.1, 0.15) is 6.29 Å². The molecule has 1 nitrogen and oxygen atoms in total. The van der Waals surface area contributed by atoms with Crippen molar-refractivity contribution in [2.45, 2.75) is 45.4 Å². The molecule has 0 N–H and O–H groups in total. The first-order valence-electron chi connectivity index (χ1n) is 5.15. The van der Waals surface area contributed by atoms with Crippen LogP contribution in [0.25, 0.3) is 0 Å². The van der Waals surface area contributed by atoms with Gasteiger partial charge in [0.25, 0.3) is 0 Å². The lowest BCUT2D eigenvalue weighted by molar-refractivity contribution is -0.107. The highest BCUT2D eigenvalue weighted by atomic mass is 16.1. The lowest BCUT2D eigenvalue weighted by atomic mass is 10.2. The Kier molecular flexibility index (Phi) is 10.4. The maximum atomic E-state index is 9.97. The molecule has 74 valence electrons. The van der Waals surface area contributed by atoms with Crippen LogP contribution in [-0.4, -0.2) is 6.29 Å². The summed E-state index contributed by atoms with van der Waals surface area (Å²) in [5.74, 6) is 0. The standard InChI is InChI=1S/C12H20O/c1-2-3-4-5-6-7-8-9-10-11-12-13/h3-4,8-9,12H,2,5-7,10-11H2,1H3. The molecule has 13 heavy (non-hydrogen) atoms. The van der Waals surface area contributed by atoms with E-state index < -0.39 is 0 Å². The maximum Gasteiger partial charge on any atom is 0.120 e. The van der Waals surface area contributed by atoms with Crippen LogP contribution < -0.4 is 0 Å². The van der Waals surface area contributed by atoms with Crippen molar-refractivity contribution in [1.82, 2.24) is 0 Å². The topological polar surface area (TPSA) is 17.1 Å². The van der Waals surface area contributed by atoms with E-state index >= 15 is 0 Å². The summed E-state index contributed by atoms with van der Waals surface area (Å²) >= 11 is 0. The Bertz CT molecular complexity index is 157. The molecule has 0 amide bonds. The first-order chi connectivity index (χ1) is 6.41. The van der Waals surface area contributed by atoms with Crippen LogP contribution in [0.3, 0.4) is 0 Å². The van der Waals surface area contributed by atoms with Crippen LogP contribution in [0, 0.1) is 0 Å². The molecule has 0 spiro atoms. The van der Waals surface area contributed by atoms with Crippen molar-refractivity contribution in [3.63, 3.8) is 0 Å². The number of hydrogen-bond acceptors (Lipinski definition) is 1. The third kappa shape index (κ3) is 11.1. The van der Waals surface area contributed by atoms with Gasteiger partial charge in [0.2, 0.25) is 0 Å². The molecule has 0 aromatic heterocycles. The summed E-state index contributed by atoms with van der Waals surface area (Å²) < 4.78 is 0. The van der Waals surface area contributed by atoms with Crippen molar-refractivity contribution in [2.75, 3.05) is 0 Å². The highest BCUT2D eigenvalue weighted by molar-refractivity contribution is 5.49. The van der Waals surface area contributed by atoms with Crippen molar-refractivity contribution < 1.29 is 4.79 Å². The van der Waals surface area contributed by atoms with Gasteiger partial charge in [0, 0.05) is 6.42 Å². The van der Waals surface area contributed by atoms with E-state index in [2.05, 4.69) is 31.2 Å². The lowest BCUT2D eigenvalue weighted by Crippen LogP contribution is -1.72. The van der Waals surface area contributed by atoms with Crippen LogP contribution >= 0.6 is 0 Å². The van der Waals surface area contributed by atoms with Crippen molar-refractivity contribution in [2.24, 2.45) is 0 Å². The van der Waals surface area contributed by atoms with Gasteiger partial charge in [-0.3, -0.25) is 0 Å². The largest absolute Gasteiger partial charge is 0.303 e. The minimum absolute atomic E-state index is 0.659. The first kappa shape index (κ1) is 12.2. The fourth-order valence-electron chi connectivity index (χ4n) is 1.04. The highest BCUT2D eigenvalue weighted by Gasteiger charge is 1.81. The molecule has 0 heterocycles. The van der Waals surface area contributed by atoms with Gasteiger partial charge in [-0.2, -0.15) is 0 Å². The highest BCUT2D eigenvalue weighted by Crippen LogP contribution is 1.99. The zero-order chi connectivity index (χ0) is 9.78. The molecule has 0 atom stereocenters. The Hall–Kier alpha value is -0.850. The molecule has 0 radical (unpaired) electrons. The zero-order valence-electron chi connectivity index (χ0n) is 8.54. The summed E-state index contributed by atoms with van der Waals surface area (Å²) in [6.07, 6.45) is 15.9. The molecule has 0 unspecified atom stereocenters. The third-order valence-corrected chi connectivity index (χ3v) is 1.76. The van der Waals surface area contributed by atoms with Gasteiger partial charge < -0.3 is 4.79 Å². The summed E-state index contributed by atoms with van der Waals surface area (Å²) in [4.78, 5) is 9.97.